The number of benzene rings is 3. The van der Waals surface area contributed by atoms with Crippen molar-refractivity contribution in [3.8, 4) is 16.9 Å². The summed E-state index contributed by atoms with van der Waals surface area (Å²) in [7, 11) is 0. The zero-order valence-corrected chi connectivity index (χ0v) is 16.7. The molecule has 0 aliphatic heterocycles. The van der Waals surface area contributed by atoms with Crippen LogP contribution in [0.5, 0.6) is 5.75 Å². The minimum atomic E-state index is -4.49. The molecule has 0 aromatic heterocycles. The maximum absolute atomic E-state index is 12.8. The number of halogens is 5. The van der Waals surface area contributed by atoms with Crippen LogP contribution in [0.2, 0.25) is 0 Å². The third-order valence-electron chi connectivity index (χ3n) is 4.37. The summed E-state index contributed by atoms with van der Waals surface area (Å²) in [6.45, 7) is -3.62. The Bertz CT molecular complexity index is 1110. The number of rotatable bonds is 7. The van der Waals surface area contributed by atoms with Crippen LogP contribution in [0.15, 0.2) is 72.8 Å². The Morgan fingerprint density at radius 2 is 1.52 bits per heavy atom. The van der Waals surface area contributed by atoms with Crippen LogP contribution in [0.3, 0.4) is 0 Å². The average Bonchev–Trinajstić information content (AvgIpc) is 2.78. The van der Waals surface area contributed by atoms with Crippen molar-refractivity contribution < 1.29 is 41.0 Å². The number of carbonyl (C=O) groups is 2. The zero-order chi connectivity index (χ0) is 24.0. The van der Waals surface area contributed by atoms with E-state index in [1.54, 1.807) is 18.2 Å². The van der Waals surface area contributed by atoms with Gasteiger partial charge in [-0.2, -0.15) is 22.0 Å². The van der Waals surface area contributed by atoms with Crippen molar-refractivity contribution in [2.75, 3.05) is 11.9 Å². The lowest BCUT2D eigenvalue weighted by atomic mass is 9.98. The Morgan fingerprint density at radius 1 is 0.879 bits per heavy atom. The molecule has 172 valence electrons. The molecule has 0 aliphatic rings. The lowest BCUT2D eigenvalue weighted by Crippen LogP contribution is -2.21. The first-order valence-electron chi connectivity index (χ1n) is 9.42. The van der Waals surface area contributed by atoms with Crippen LogP contribution in [0.25, 0.3) is 11.1 Å². The fourth-order valence-corrected chi connectivity index (χ4v) is 2.88. The van der Waals surface area contributed by atoms with Crippen LogP contribution in [0.1, 0.15) is 15.9 Å². The van der Waals surface area contributed by atoms with E-state index in [0.29, 0.717) is 11.1 Å². The smallest absolute Gasteiger partial charge is 0.416 e. The van der Waals surface area contributed by atoms with Gasteiger partial charge in [-0.05, 0) is 53.6 Å². The normalized spacial score (nSPS) is 11.2. The number of hydrogen-bond donors (Lipinski definition) is 1. The van der Waals surface area contributed by atoms with Crippen molar-refractivity contribution in [2.45, 2.75) is 12.8 Å². The highest BCUT2D eigenvalue weighted by Gasteiger charge is 2.30. The molecule has 0 spiro atoms. The van der Waals surface area contributed by atoms with Crippen LogP contribution in [-0.4, -0.2) is 25.1 Å². The Labute approximate surface area is 184 Å². The zero-order valence-electron chi connectivity index (χ0n) is 16.7. The van der Waals surface area contributed by atoms with E-state index in [4.69, 9.17) is 4.74 Å². The predicted molar refractivity (Wildman–Crippen MR) is 109 cm³/mol. The molecular weight excluding hydrogens is 449 g/mol. The van der Waals surface area contributed by atoms with Gasteiger partial charge in [-0.15, -0.1) is 0 Å². The van der Waals surface area contributed by atoms with E-state index in [9.17, 15) is 31.5 Å². The van der Waals surface area contributed by atoms with Gasteiger partial charge in [0.2, 0.25) is 0 Å². The highest BCUT2D eigenvalue weighted by molar-refractivity contribution is 5.99. The number of alkyl halides is 5. The number of hydrogen-bond acceptors (Lipinski definition) is 4. The monoisotopic (exact) mass is 465 g/mol. The molecule has 0 saturated carbocycles. The van der Waals surface area contributed by atoms with Gasteiger partial charge in [0.15, 0.2) is 6.61 Å². The van der Waals surface area contributed by atoms with E-state index in [1.807, 2.05) is 0 Å². The molecule has 0 heterocycles. The van der Waals surface area contributed by atoms with Gasteiger partial charge in [0.1, 0.15) is 5.75 Å². The highest BCUT2D eigenvalue weighted by atomic mass is 19.4. The molecule has 0 unspecified atom stereocenters. The van der Waals surface area contributed by atoms with E-state index in [1.165, 1.54) is 42.5 Å². The summed E-state index contributed by atoms with van der Waals surface area (Å²) < 4.78 is 71.9. The molecule has 0 atom stereocenters. The summed E-state index contributed by atoms with van der Waals surface area (Å²) >= 11 is 0. The molecule has 0 saturated heterocycles. The predicted octanol–water partition coefficient (Wildman–Crippen LogP) is 5.77. The fourth-order valence-electron chi connectivity index (χ4n) is 2.88. The summed E-state index contributed by atoms with van der Waals surface area (Å²) in [6, 6.07) is 15.5. The Balaban J connectivity index is 1.63. The number of anilines is 1. The number of amides is 1. The van der Waals surface area contributed by atoms with Crippen molar-refractivity contribution in [1.82, 2.24) is 0 Å². The van der Waals surface area contributed by atoms with Crippen molar-refractivity contribution in [3.63, 3.8) is 0 Å². The second kappa shape index (κ2) is 10.1. The Kier molecular flexibility index (Phi) is 7.27. The highest BCUT2D eigenvalue weighted by Crippen LogP contribution is 2.32. The number of nitrogens with one attached hydrogen (secondary N) is 1. The first kappa shape index (κ1) is 23.7. The molecular formula is C23H16F5NO4. The van der Waals surface area contributed by atoms with Gasteiger partial charge in [0.25, 0.3) is 5.91 Å². The van der Waals surface area contributed by atoms with Gasteiger partial charge in [-0.3, -0.25) is 4.79 Å². The van der Waals surface area contributed by atoms with Crippen LogP contribution in [0.4, 0.5) is 27.6 Å². The topological polar surface area (TPSA) is 64.6 Å². The van der Waals surface area contributed by atoms with Crippen LogP contribution < -0.4 is 10.1 Å². The molecule has 3 aromatic carbocycles. The number of esters is 1. The molecule has 3 aromatic rings. The molecule has 10 heteroatoms. The lowest BCUT2D eigenvalue weighted by Gasteiger charge is -2.12. The van der Waals surface area contributed by atoms with E-state index >= 15 is 0 Å². The third kappa shape index (κ3) is 6.52. The summed E-state index contributed by atoms with van der Waals surface area (Å²) in [5, 5.41) is 2.43. The SMILES string of the molecule is O=C(COC(=O)c1ccccc1-c1ccc(C(F)(F)F)cc1)Nc1ccc(OC(F)F)cc1. The second-order valence-electron chi connectivity index (χ2n) is 6.65. The minimum Gasteiger partial charge on any atom is -0.452 e. The molecule has 0 bridgehead atoms. The summed E-state index contributed by atoms with van der Waals surface area (Å²) in [5.41, 5.74) is 0.218. The van der Waals surface area contributed by atoms with Crippen molar-refractivity contribution in [1.29, 1.82) is 0 Å². The van der Waals surface area contributed by atoms with Gasteiger partial charge in [0, 0.05) is 5.69 Å². The summed E-state index contributed by atoms with van der Waals surface area (Å²) in [6.07, 6.45) is -4.49. The van der Waals surface area contributed by atoms with E-state index in [2.05, 4.69) is 10.1 Å². The fraction of sp³-hybridized carbons (Fsp3) is 0.130. The van der Waals surface area contributed by atoms with Gasteiger partial charge >= 0.3 is 18.8 Å². The van der Waals surface area contributed by atoms with Crippen LogP contribution in [0, 0.1) is 0 Å². The lowest BCUT2D eigenvalue weighted by molar-refractivity contribution is -0.137. The molecule has 0 radical (unpaired) electrons. The summed E-state index contributed by atoms with van der Waals surface area (Å²) in [4.78, 5) is 24.6. The Morgan fingerprint density at radius 3 is 2.12 bits per heavy atom. The van der Waals surface area contributed by atoms with Gasteiger partial charge < -0.3 is 14.8 Å². The van der Waals surface area contributed by atoms with E-state index in [-0.39, 0.29) is 17.0 Å². The van der Waals surface area contributed by atoms with Gasteiger partial charge in [0.05, 0.1) is 11.1 Å². The quantitative estimate of drug-likeness (QED) is 0.356. The maximum atomic E-state index is 12.8. The molecule has 33 heavy (non-hydrogen) atoms. The molecule has 3 rings (SSSR count). The van der Waals surface area contributed by atoms with E-state index in [0.717, 1.165) is 12.1 Å². The maximum Gasteiger partial charge on any atom is 0.416 e. The van der Waals surface area contributed by atoms with Gasteiger partial charge in [-0.25, -0.2) is 4.79 Å². The third-order valence-corrected chi connectivity index (χ3v) is 4.37. The molecule has 0 aliphatic carbocycles. The number of ether oxygens (including phenoxy) is 2. The van der Waals surface area contributed by atoms with Crippen molar-refractivity contribution in [3.05, 3.63) is 83.9 Å². The first-order valence-corrected chi connectivity index (χ1v) is 9.42. The molecule has 0 fully saturated rings. The first-order chi connectivity index (χ1) is 15.6. The van der Waals surface area contributed by atoms with Crippen LogP contribution >= 0.6 is 0 Å². The number of carbonyl (C=O) groups excluding carboxylic acids is 2. The Hall–Kier alpha value is -3.95. The van der Waals surface area contributed by atoms with Crippen molar-refractivity contribution in [2.24, 2.45) is 0 Å². The van der Waals surface area contributed by atoms with Crippen molar-refractivity contribution >= 4 is 17.6 Å². The van der Waals surface area contributed by atoms with Gasteiger partial charge in [-0.1, -0.05) is 30.3 Å². The average molecular weight is 465 g/mol. The van der Waals surface area contributed by atoms with E-state index < -0.39 is 36.8 Å². The molecule has 1 amide bonds. The minimum absolute atomic E-state index is 0.0681. The molecule has 1 N–H and O–H groups in total. The second-order valence-corrected chi connectivity index (χ2v) is 6.65. The van der Waals surface area contributed by atoms with Crippen LogP contribution in [-0.2, 0) is 15.7 Å². The molecule has 5 nitrogen and oxygen atoms in total. The largest absolute Gasteiger partial charge is 0.452 e. The standard InChI is InChI=1S/C23H16F5NO4/c24-22(25)33-17-11-9-16(10-12-17)29-20(30)13-32-21(31)19-4-2-1-3-18(19)14-5-7-15(8-6-14)23(26,27)28/h1-12,22H,13H2,(H,29,30). The summed E-state index contributed by atoms with van der Waals surface area (Å²) in [5.74, 6) is -1.62.